The molecule has 0 aliphatic carbocycles. The molecule has 8 heteroatoms. The number of nitrogens with zero attached hydrogens (tertiary/aromatic N) is 2. The molecule has 2 amide bonds. The molecular formula is C21H22BrF2N3O2. The van der Waals surface area contributed by atoms with E-state index in [4.69, 9.17) is 0 Å². The number of Topliss-reactive ketones (excluding diaryl/α,β-unsaturated/α-hetero) is 1. The van der Waals surface area contributed by atoms with Crippen LogP contribution in [0.4, 0.5) is 19.3 Å². The highest BCUT2D eigenvalue weighted by Crippen LogP contribution is 2.22. The minimum Gasteiger partial charge on any atom is -0.366 e. The Kier molecular flexibility index (Phi) is 6.84. The van der Waals surface area contributed by atoms with Crippen molar-refractivity contribution < 1.29 is 18.4 Å². The van der Waals surface area contributed by atoms with Crippen molar-refractivity contribution in [3.05, 3.63) is 63.6 Å². The molecule has 1 N–H and O–H groups in total. The Hall–Kier alpha value is -2.48. The molecule has 2 aromatic rings. The van der Waals surface area contributed by atoms with Gasteiger partial charge in [0.2, 0.25) is 0 Å². The molecule has 2 aromatic carbocycles. The Labute approximate surface area is 176 Å². The zero-order chi connectivity index (χ0) is 21.0. The molecule has 0 saturated carbocycles. The normalized spacial score (nSPS) is 14.1. The molecule has 1 aliphatic heterocycles. The number of hydrogen-bond donors (Lipinski definition) is 1. The molecule has 1 aliphatic rings. The molecule has 0 spiro atoms. The van der Waals surface area contributed by atoms with Crippen LogP contribution in [-0.2, 0) is 6.42 Å². The number of benzene rings is 2. The summed E-state index contributed by atoms with van der Waals surface area (Å²) < 4.78 is 28.9. The fraction of sp³-hybridized carbons (Fsp3) is 0.333. The summed E-state index contributed by atoms with van der Waals surface area (Å²) in [5.41, 5.74) is 1.31. The predicted molar refractivity (Wildman–Crippen MR) is 111 cm³/mol. The monoisotopic (exact) mass is 465 g/mol. The minimum atomic E-state index is -0.438. The highest BCUT2D eigenvalue weighted by Gasteiger charge is 2.23. The molecule has 0 bridgehead atoms. The average Bonchev–Trinajstić information content (AvgIpc) is 2.70. The summed E-state index contributed by atoms with van der Waals surface area (Å²) in [6.45, 7) is 3.61. The third kappa shape index (κ3) is 5.32. The average molecular weight is 466 g/mol. The van der Waals surface area contributed by atoms with Crippen molar-refractivity contribution in [1.82, 2.24) is 10.2 Å². The fourth-order valence-corrected chi connectivity index (χ4v) is 3.69. The second-order valence-corrected chi connectivity index (χ2v) is 7.83. The van der Waals surface area contributed by atoms with E-state index >= 15 is 0 Å². The van der Waals surface area contributed by atoms with Crippen LogP contribution in [0.3, 0.4) is 0 Å². The lowest BCUT2D eigenvalue weighted by Gasteiger charge is -2.36. The molecule has 0 aromatic heterocycles. The van der Waals surface area contributed by atoms with Gasteiger partial charge in [-0.1, -0.05) is 15.9 Å². The van der Waals surface area contributed by atoms with Gasteiger partial charge < -0.3 is 15.1 Å². The van der Waals surface area contributed by atoms with Crippen LogP contribution in [0, 0.1) is 11.6 Å². The summed E-state index contributed by atoms with van der Waals surface area (Å²) in [6.07, 6.45) is 0.394. The zero-order valence-corrected chi connectivity index (χ0v) is 17.6. The van der Waals surface area contributed by atoms with Gasteiger partial charge in [0.25, 0.3) is 0 Å². The highest BCUT2D eigenvalue weighted by molar-refractivity contribution is 9.10. The topological polar surface area (TPSA) is 52.7 Å². The van der Waals surface area contributed by atoms with Gasteiger partial charge in [0.1, 0.15) is 11.6 Å². The third-order valence-electron chi connectivity index (χ3n) is 4.94. The fourth-order valence-electron chi connectivity index (χ4n) is 3.28. The van der Waals surface area contributed by atoms with Crippen molar-refractivity contribution in [3.63, 3.8) is 0 Å². The summed E-state index contributed by atoms with van der Waals surface area (Å²) in [7, 11) is 0. The molecular weight excluding hydrogens is 444 g/mol. The van der Waals surface area contributed by atoms with E-state index in [-0.39, 0.29) is 17.6 Å². The Bertz CT molecular complexity index is 915. The predicted octanol–water partition coefficient (Wildman–Crippen LogP) is 4.00. The van der Waals surface area contributed by atoms with E-state index in [1.807, 2.05) is 4.90 Å². The molecule has 1 heterocycles. The number of rotatable bonds is 5. The molecule has 0 unspecified atom stereocenters. The minimum absolute atomic E-state index is 0.181. The van der Waals surface area contributed by atoms with Crippen LogP contribution in [0.2, 0.25) is 0 Å². The van der Waals surface area contributed by atoms with E-state index in [2.05, 4.69) is 21.2 Å². The number of hydrogen-bond acceptors (Lipinski definition) is 3. The summed E-state index contributed by atoms with van der Waals surface area (Å²) in [4.78, 5) is 27.2. The van der Waals surface area contributed by atoms with E-state index in [9.17, 15) is 18.4 Å². The Morgan fingerprint density at radius 2 is 1.76 bits per heavy atom. The Morgan fingerprint density at radius 1 is 1.03 bits per heavy atom. The maximum atomic E-state index is 14.3. The van der Waals surface area contributed by atoms with E-state index in [1.165, 1.54) is 19.1 Å². The number of halogens is 3. The van der Waals surface area contributed by atoms with Crippen molar-refractivity contribution in [3.8, 4) is 0 Å². The van der Waals surface area contributed by atoms with Crippen LogP contribution < -0.4 is 10.2 Å². The highest BCUT2D eigenvalue weighted by atomic mass is 79.9. The van der Waals surface area contributed by atoms with Gasteiger partial charge in [-0.05, 0) is 55.3 Å². The van der Waals surface area contributed by atoms with Gasteiger partial charge in [0.05, 0.1) is 5.69 Å². The number of amides is 2. The molecule has 29 heavy (non-hydrogen) atoms. The van der Waals surface area contributed by atoms with Gasteiger partial charge in [0.15, 0.2) is 5.78 Å². The smallest absolute Gasteiger partial charge is 0.317 e. The van der Waals surface area contributed by atoms with Crippen LogP contribution in [0.1, 0.15) is 22.8 Å². The first kappa shape index (κ1) is 21.2. The van der Waals surface area contributed by atoms with Crippen molar-refractivity contribution in [2.45, 2.75) is 13.3 Å². The lowest BCUT2D eigenvalue weighted by molar-refractivity contribution is 0.101. The molecule has 154 valence electrons. The van der Waals surface area contributed by atoms with Gasteiger partial charge in [-0.25, -0.2) is 13.6 Å². The van der Waals surface area contributed by atoms with Crippen molar-refractivity contribution in [2.75, 3.05) is 37.6 Å². The van der Waals surface area contributed by atoms with Crippen molar-refractivity contribution in [1.29, 1.82) is 0 Å². The SMILES string of the molecule is CC(=O)c1ccc(N2CCN(C(=O)NCCc3cc(Br)ccc3F)CC2)c(F)c1. The molecule has 0 radical (unpaired) electrons. The second kappa shape index (κ2) is 9.35. The van der Waals surface area contributed by atoms with Gasteiger partial charge in [-0.2, -0.15) is 0 Å². The summed E-state index contributed by atoms with van der Waals surface area (Å²) in [5.74, 6) is -0.916. The molecule has 1 fully saturated rings. The van der Waals surface area contributed by atoms with E-state index in [0.29, 0.717) is 56.0 Å². The molecule has 1 saturated heterocycles. The summed E-state index contributed by atoms with van der Waals surface area (Å²) in [6, 6.07) is 8.97. The van der Waals surface area contributed by atoms with Gasteiger partial charge in [-0.3, -0.25) is 4.79 Å². The molecule has 0 atom stereocenters. The first-order valence-corrected chi connectivity index (χ1v) is 10.2. The summed E-state index contributed by atoms with van der Waals surface area (Å²) >= 11 is 3.31. The number of urea groups is 1. The lowest BCUT2D eigenvalue weighted by atomic mass is 10.1. The van der Waals surface area contributed by atoms with Crippen molar-refractivity contribution in [2.24, 2.45) is 0 Å². The Morgan fingerprint density at radius 3 is 2.41 bits per heavy atom. The van der Waals surface area contributed by atoms with Crippen LogP contribution in [0.25, 0.3) is 0 Å². The summed E-state index contributed by atoms with van der Waals surface area (Å²) in [5, 5.41) is 2.81. The van der Waals surface area contributed by atoms with E-state index in [1.54, 1.807) is 29.2 Å². The van der Waals surface area contributed by atoms with E-state index < -0.39 is 5.82 Å². The number of carbonyl (C=O) groups excluding carboxylic acids is 2. The van der Waals surface area contributed by atoms with Gasteiger partial charge in [0, 0.05) is 42.8 Å². The van der Waals surface area contributed by atoms with Crippen LogP contribution in [-0.4, -0.2) is 49.4 Å². The lowest BCUT2D eigenvalue weighted by Crippen LogP contribution is -2.52. The maximum Gasteiger partial charge on any atom is 0.317 e. The largest absolute Gasteiger partial charge is 0.366 e. The quantitative estimate of drug-likeness (QED) is 0.678. The van der Waals surface area contributed by atoms with Crippen LogP contribution in [0.15, 0.2) is 40.9 Å². The number of piperazine rings is 1. The van der Waals surface area contributed by atoms with Gasteiger partial charge in [-0.15, -0.1) is 0 Å². The number of nitrogens with one attached hydrogen (secondary N) is 1. The second-order valence-electron chi connectivity index (χ2n) is 6.91. The molecule has 5 nitrogen and oxygen atoms in total. The maximum absolute atomic E-state index is 14.3. The zero-order valence-electron chi connectivity index (χ0n) is 16.1. The number of ketones is 1. The standard InChI is InChI=1S/C21H22BrF2N3O2/c1-14(28)15-2-5-20(19(24)13-15)26-8-10-27(11-9-26)21(29)25-7-6-16-12-17(22)3-4-18(16)23/h2-5,12-13H,6-11H2,1H3,(H,25,29). The Balaban J connectivity index is 1.49. The number of carbonyl (C=O) groups is 2. The van der Waals surface area contributed by atoms with E-state index in [0.717, 1.165) is 4.47 Å². The van der Waals surface area contributed by atoms with Crippen molar-refractivity contribution >= 4 is 33.4 Å². The first-order valence-electron chi connectivity index (χ1n) is 9.37. The van der Waals surface area contributed by atoms with Gasteiger partial charge >= 0.3 is 6.03 Å². The van der Waals surface area contributed by atoms with Crippen LogP contribution in [0.5, 0.6) is 0 Å². The molecule has 3 rings (SSSR count). The van der Waals surface area contributed by atoms with Crippen LogP contribution >= 0.6 is 15.9 Å². The first-order chi connectivity index (χ1) is 13.8. The third-order valence-corrected chi connectivity index (χ3v) is 5.43. The number of anilines is 1.